The van der Waals surface area contributed by atoms with E-state index in [-0.39, 0.29) is 0 Å². The van der Waals surface area contributed by atoms with Crippen LogP contribution >= 0.6 is 0 Å². The minimum absolute atomic E-state index is 1.02. The lowest BCUT2D eigenvalue weighted by atomic mass is 9.78. The third-order valence-corrected chi connectivity index (χ3v) is 4.47. The van der Waals surface area contributed by atoms with E-state index in [1.54, 1.807) is 0 Å². The van der Waals surface area contributed by atoms with E-state index in [2.05, 4.69) is 13.8 Å². The molecule has 0 saturated heterocycles. The second kappa shape index (κ2) is 9.07. The van der Waals surface area contributed by atoms with E-state index in [1.165, 1.54) is 77.0 Å². The average Bonchev–Trinajstić information content (AvgIpc) is 2.30. The lowest BCUT2D eigenvalue weighted by molar-refractivity contribution is 0.236. The maximum atomic E-state index is 2.48. The minimum atomic E-state index is 1.02. The standard InChI is InChI=1S/C16H32/c1-3-4-5-6-7-8-9-13-16-14-11-10-12-15(16)2/h15-16H,3-14H2,1-2H3. The van der Waals surface area contributed by atoms with Gasteiger partial charge in [0.2, 0.25) is 0 Å². The molecule has 0 aromatic rings. The minimum Gasteiger partial charge on any atom is -0.0654 e. The van der Waals surface area contributed by atoms with Crippen LogP contribution in [-0.4, -0.2) is 0 Å². The highest BCUT2D eigenvalue weighted by Crippen LogP contribution is 2.33. The van der Waals surface area contributed by atoms with Crippen molar-refractivity contribution >= 4 is 0 Å². The van der Waals surface area contributed by atoms with Crippen molar-refractivity contribution in [1.29, 1.82) is 0 Å². The molecule has 0 heterocycles. The Hall–Kier alpha value is 0. The summed E-state index contributed by atoms with van der Waals surface area (Å²) in [5, 5.41) is 0. The first-order valence-corrected chi connectivity index (χ1v) is 7.84. The number of unbranched alkanes of at least 4 members (excludes halogenated alkanes) is 6. The molecule has 2 unspecified atom stereocenters. The molecule has 2 atom stereocenters. The molecule has 0 aromatic carbocycles. The normalized spacial score (nSPS) is 25.9. The van der Waals surface area contributed by atoms with E-state index in [4.69, 9.17) is 0 Å². The summed E-state index contributed by atoms with van der Waals surface area (Å²) in [6.07, 6.45) is 17.8. The Morgan fingerprint density at radius 1 is 0.812 bits per heavy atom. The van der Waals surface area contributed by atoms with Crippen LogP contribution in [0.2, 0.25) is 0 Å². The molecule has 0 heteroatoms. The van der Waals surface area contributed by atoms with Crippen molar-refractivity contribution in [1.82, 2.24) is 0 Å². The van der Waals surface area contributed by atoms with E-state index in [9.17, 15) is 0 Å². The van der Waals surface area contributed by atoms with Gasteiger partial charge in [-0.05, 0) is 11.8 Å². The van der Waals surface area contributed by atoms with Gasteiger partial charge in [0.05, 0.1) is 0 Å². The molecule has 1 fully saturated rings. The fourth-order valence-electron chi connectivity index (χ4n) is 3.19. The molecule has 0 aliphatic heterocycles. The maximum Gasteiger partial charge on any atom is -0.0388 e. The number of rotatable bonds is 8. The fraction of sp³-hybridized carbons (Fsp3) is 1.00. The highest BCUT2D eigenvalue weighted by Gasteiger charge is 2.20. The molecule has 0 spiro atoms. The third kappa shape index (κ3) is 5.92. The molecular weight excluding hydrogens is 192 g/mol. The third-order valence-electron chi connectivity index (χ3n) is 4.47. The van der Waals surface area contributed by atoms with Gasteiger partial charge in [0.25, 0.3) is 0 Å². The zero-order valence-electron chi connectivity index (χ0n) is 11.6. The largest absolute Gasteiger partial charge is 0.0654 e. The van der Waals surface area contributed by atoms with Gasteiger partial charge in [-0.1, -0.05) is 90.9 Å². The first kappa shape index (κ1) is 14.1. The summed E-state index contributed by atoms with van der Waals surface area (Å²) in [5.74, 6) is 2.10. The van der Waals surface area contributed by atoms with Crippen molar-refractivity contribution in [2.75, 3.05) is 0 Å². The first-order valence-electron chi connectivity index (χ1n) is 7.84. The summed E-state index contributed by atoms with van der Waals surface area (Å²) >= 11 is 0. The Bertz CT molecular complexity index is 150. The highest BCUT2D eigenvalue weighted by molar-refractivity contribution is 4.72. The van der Waals surface area contributed by atoms with Gasteiger partial charge in [-0.15, -0.1) is 0 Å². The van der Waals surface area contributed by atoms with Crippen molar-refractivity contribution in [2.45, 2.75) is 90.9 Å². The Balaban J connectivity index is 1.90. The molecule has 0 bridgehead atoms. The van der Waals surface area contributed by atoms with Crippen molar-refractivity contribution < 1.29 is 0 Å². The highest BCUT2D eigenvalue weighted by atomic mass is 14.3. The quantitative estimate of drug-likeness (QED) is 0.447. The van der Waals surface area contributed by atoms with Crippen LogP contribution < -0.4 is 0 Å². The zero-order valence-corrected chi connectivity index (χ0v) is 11.6. The lowest BCUT2D eigenvalue weighted by Crippen LogP contribution is -2.16. The van der Waals surface area contributed by atoms with Crippen molar-refractivity contribution in [3.05, 3.63) is 0 Å². The van der Waals surface area contributed by atoms with Crippen LogP contribution in [0.25, 0.3) is 0 Å². The summed E-state index contributed by atoms with van der Waals surface area (Å²) in [7, 11) is 0. The van der Waals surface area contributed by atoms with Crippen LogP contribution in [0.5, 0.6) is 0 Å². The van der Waals surface area contributed by atoms with E-state index in [0.29, 0.717) is 0 Å². The summed E-state index contributed by atoms with van der Waals surface area (Å²) in [4.78, 5) is 0. The summed E-state index contributed by atoms with van der Waals surface area (Å²) in [6.45, 7) is 4.77. The smallest absolute Gasteiger partial charge is 0.0388 e. The predicted molar refractivity (Wildman–Crippen MR) is 73.7 cm³/mol. The number of hydrogen-bond acceptors (Lipinski definition) is 0. The van der Waals surface area contributed by atoms with Gasteiger partial charge in [-0.2, -0.15) is 0 Å². The van der Waals surface area contributed by atoms with Crippen molar-refractivity contribution in [3.8, 4) is 0 Å². The monoisotopic (exact) mass is 224 g/mol. The topological polar surface area (TPSA) is 0 Å². The SMILES string of the molecule is CCCCCCCCCC1CCCCC1C. The molecule has 0 radical (unpaired) electrons. The Labute approximate surface area is 103 Å². The van der Waals surface area contributed by atoms with Gasteiger partial charge in [0.1, 0.15) is 0 Å². The Kier molecular flexibility index (Phi) is 7.98. The molecule has 0 amide bonds. The van der Waals surface area contributed by atoms with Crippen molar-refractivity contribution in [2.24, 2.45) is 11.8 Å². The van der Waals surface area contributed by atoms with Gasteiger partial charge in [0, 0.05) is 0 Å². The van der Waals surface area contributed by atoms with Crippen LogP contribution in [0.15, 0.2) is 0 Å². The molecule has 1 aliphatic carbocycles. The lowest BCUT2D eigenvalue weighted by Gasteiger charge is -2.28. The Morgan fingerprint density at radius 3 is 2.12 bits per heavy atom. The van der Waals surface area contributed by atoms with Crippen molar-refractivity contribution in [3.63, 3.8) is 0 Å². The fourth-order valence-corrected chi connectivity index (χ4v) is 3.19. The molecule has 1 saturated carbocycles. The average molecular weight is 224 g/mol. The summed E-state index contributed by atoms with van der Waals surface area (Å²) in [6, 6.07) is 0. The number of hydrogen-bond donors (Lipinski definition) is 0. The predicted octanol–water partition coefficient (Wildman–Crippen LogP) is 5.95. The van der Waals surface area contributed by atoms with E-state index in [0.717, 1.165) is 11.8 Å². The molecule has 1 rings (SSSR count). The van der Waals surface area contributed by atoms with Gasteiger partial charge in [-0.25, -0.2) is 0 Å². The van der Waals surface area contributed by atoms with E-state index in [1.807, 2.05) is 0 Å². The van der Waals surface area contributed by atoms with Gasteiger partial charge < -0.3 is 0 Å². The zero-order chi connectivity index (χ0) is 11.6. The molecule has 0 N–H and O–H groups in total. The van der Waals surface area contributed by atoms with Crippen LogP contribution in [-0.2, 0) is 0 Å². The molecule has 0 aromatic heterocycles. The second-order valence-corrected chi connectivity index (χ2v) is 5.93. The molecule has 0 nitrogen and oxygen atoms in total. The van der Waals surface area contributed by atoms with E-state index < -0.39 is 0 Å². The molecular formula is C16H32. The summed E-state index contributed by atoms with van der Waals surface area (Å²) in [5.41, 5.74) is 0. The van der Waals surface area contributed by atoms with Gasteiger partial charge in [-0.3, -0.25) is 0 Å². The second-order valence-electron chi connectivity index (χ2n) is 5.93. The summed E-state index contributed by atoms with van der Waals surface area (Å²) < 4.78 is 0. The van der Waals surface area contributed by atoms with Crippen LogP contribution in [0.3, 0.4) is 0 Å². The maximum absolute atomic E-state index is 2.48. The van der Waals surface area contributed by atoms with Gasteiger partial charge in [0.15, 0.2) is 0 Å². The first-order chi connectivity index (χ1) is 7.84. The van der Waals surface area contributed by atoms with Crippen LogP contribution in [0.4, 0.5) is 0 Å². The molecule has 16 heavy (non-hydrogen) atoms. The van der Waals surface area contributed by atoms with Crippen LogP contribution in [0, 0.1) is 11.8 Å². The molecule has 96 valence electrons. The van der Waals surface area contributed by atoms with Crippen LogP contribution in [0.1, 0.15) is 90.9 Å². The molecule has 1 aliphatic rings. The van der Waals surface area contributed by atoms with E-state index >= 15 is 0 Å². The Morgan fingerprint density at radius 2 is 1.44 bits per heavy atom. The van der Waals surface area contributed by atoms with Gasteiger partial charge >= 0.3 is 0 Å².